The van der Waals surface area contributed by atoms with E-state index in [9.17, 15) is 5.11 Å². The maximum Gasteiger partial charge on any atom is 0.0734 e. The largest absolute Gasteiger partial charge is 0.396 e. The number of hydrogen-bond acceptors (Lipinski definition) is 3. The molecule has 1 aromatic carbocycles. The van der Waals surface area contributed by atoms with Gasteiger partial charge < -0.3 is 9.84 Å². The zero-order chi connectivity index (χ0) is 13.8. The van der Waals surface area contributed by atoms with E-state index in [1.54, 1.807) is 0 Å². The topological polar surface area (TPSA) is 32.7 Å². The fraction of sp³-hybridized carbons (Fsp3) is 0.529. The van der Waals surface area contributed by atoms with Gasteiger partial charge in [-0.05, 0) is 24.3 Å². The molecular weight excluding hydrogens is 250 g/mol. The average molecular weight is 273 g/mol. The molecule has 3 nitrogen and oxygen atoms in total. The van der Waals surface area contributed by atoms with Crippen molar-refractivity contribution < 1.29 is 9.84 Å². The number of fused-ring (bicyclic) bond motifs is 1. The molecule has 1 saturated carbocycles. The quantitative estimate of drug-likeness (QED) is 0.912. The highest BCUT2D eigenvalue weighted by Crippen LogP contribution is 2.33. The lowest BCUT2D eigenvalue weighted by Crippen LogP contribution is -2.48. The van der Waals surface area contributed by atoms with Crippen molar-refractivity contribution in [2.75, 3.05) is 26.3 Å². The van der Waals surface area contributed by atoms with Gasteiger partial charge in [-0.25, -0.2) is 0 Å². The molecule has 1 aromatic rings. The molecule has 2 fully saturated rings. The zero-order valence-electron chi connectivity index (χ0n) is 11.8. The van der Waals surface area contributed by atoms with E-state index in [2.05, 4.69) is 41.3 Å². The summed E-state index contributed by atoms with van der Waals surface area (Å²) in [6.07, 6.45) is 6.83. The van der Waals surface area contributed by atoms with Gasteiger partial charge in [0.1, 0.15) is 0 Å². The molecule has 1 saturated heterocycles. The molecule has 1 heterocycles. The lowest BCUT2D eigenvalue weighted by atomic mass is 10.1. The minimum atomic E-state index is 0.296. The zero-order valence-corrected chi connectivity index (χ0v) is 11.8. The van der Waals surface area contributed by atoms with E-state index in [1.807, 2.05) is 6.07 Å². The van der Waals surface area contributed by atoms with Crippen molar-refractivity contribution in [1.29, 1.82) is 0 Å². The highest BCUT2D eigenvalue weighted by molar-refractivity contribution is 5.48. The van der Waals surface area contributed by atoms with Gasteiger partial charge in [0.15, 0.2) is 0 Å². The Bertz CT molecular complexity index is 446. The summed E-state index contributed by atoms with van der Waals surface area (Å²) >= 11 is 0. The molecule has 1 aliphatic carbocycles. The van der Waals surface area contributed by atoms with Crippen molar-refractivity contribution in [3.05, 3.63) is 42.0 Å². The van der Waals surface area contributed by atoms with E-state index in [0.29, 0.717) is 24.7 Å². The number of aliphatic hydroxyl groups is 1. The van der Waals surface area contributed by atoms with Gasteiger partial charge in [0, 0.05) is 25.7 Å². The Morgan fingerprint density at radius 3 is 2.90 bits per heavy atom. The second kappa shape index (κ2) is 6.53. The molecule has 0 aromatic heterocycles. The molecule has 3 atom stereocenters. The first kappa shape index (κ1) is 13.8. The fourth-order valence-electron chi connectivity index (χ4n) is 3.39. The van der Waals surface area contributed by atoms with Crippen molar-refractivity contribution in [2.24, 2.45) is 5.92 Å². The van der Waals surface area contributed by atoms with Crippen LogP contribution in [0.2, 0.25) is 0 Å². The first-order valence-corrected chi connectivity index (χ1v) is 7.55. The van der Waals surface area contributed by atoms with Crippen molar-refractivity contribution in [1.82, 2.24) is 4.90 Å². The molecule has 108 valence electrons. The molecule has 0 radical (unpaired) electrons. The van der Waals surface area contributed by atoms with Crippen LogP contribution >= 0.6 is 0 Å². The van der Waals surface area contributed by atoms with E-state index in [1.165, 1.54) is 5.56 Å². The van der Waals surface area contributed by atoms with E-state index in [4.69, 9.17) is 4.74 Å². The molecule has 20 heavy (non-hydrogen) atoms. The number of rotatable bonds is 4. The van der Waals surface area contributed by atoms with Gasteiger partial charge >= 0.3 is 0 Å². The summed E-state index contributed by atoms with van der Waals surface area (Å²) in [4.78, 5) is 2.50. The molecule has 1 unspecified atom stereocenters. The molecular formula is C17H23NO2. The third-order valence-corrected chi connectivity index (χ3v) is 4.46. The molecule has 3 heteroatoms. The lowest BCUT2D eigenvalue weighted by Gasteiger charge is -2.36. The molecule has 1 aliphatic heterocycles. The maximum absolute atomic E-state index is 9.34. The van der Waals surface area contributed by atoms with Crippen LogP contribution in [-0.4, -0.2) is 48.5 Å². The first-order valence-electron chi connectivity index (χ1n) is 7.55. The predicted molar refractivity (Wildman–Crippen MR) is 80.4 cm³/mol. The van der Waals surface area contributed by atoms with Crippen LogP contribution in [-0.2, 0) is 4.74 Å². The van der Waals surface area contributed by atoms with Crippen LogP contribution in [0.1, 0.15) is 18.4 Å². The molecule has 3 rings (SSSR count). The van der Waals surface area contributed by atoms with E-state index in [-0.39, 0.29) is 0 Å². The van der Waals surface area contributed by atoms with Crippen LogP contribution in [0.25, 0.3) is 6.08 Å². The van der Waals surface area contributed by atoms with E-state index in [0.717, 1.165) is 32.5 Å². The molecule has 0 bridgehead atoms. The van der Waals surface area contributed by atoms with Crippen molar-refractivity contribution in [3.63, 3.8) is 0 Å². The number of nitrogens with zero attached hydrogens (tertiary/aromatic N) is 1. The molecule has 1 N–H and O–H groups in total. The standard InChI is InChI=1S/C17H23NO2/c19-13-15-11-16-17(12-15)20-10-9-18(16)8-4-7-14-5-2-1-3-6-14/h1-7,15-17,19H,8-13H2/t15-,16+,17?/m1/s1. The van der Waals surface area contributed by atoms with Gasteiger partial charge in [-0.15, -0.1) is 0 Å². The summed E-state index contributed by atoms with van der Waals surface area (Å²) in [5.41, 5.74) is 1.25. The monoisotopic (exact) mass is 273 g/mol. The Balaban J connectivity index is 1.58. The number of benzene rings is 1. The van der Waals surface area contributed by atoms with E-state index >= 15 is 0 Å². The lowest BCUT2D eigenvalue weighted by molar-refractivity contribution is -0.0513. The summed E-state index contributed by atoms with van der Waals surface area (Å²) < 4.78 is 5.85. The Labute approximate surface area is 120 Å². The van der Waals surface area contributed by atoms with Crippen LogP contribution < -0.4 is 0 Å². The SMILES string of the molecule is OC[C@H]1CC2OCCN(CC=Cc3ccccc3)[C@H]2C1. The minimum absolute atomic E-state index is 0.296. The van der Waals surface area contributed by atoms with Gasteiger partial charge in [-0.1, -0.05) is 42.5 Å². The minimum Gasteiger partial charge on any atom is -0.396 e. The number of hydrogen-bond donors (Lipinski definition) is 1. The molecule has 2 aliphatic rings. The Morgan fingerprint density at radius 1 is 1.25 bits per heavy atom. The smallest absolute Gasteiger partial charge is 0.0734 e. The fourth-order valence-corrected chi connectivity index (χ4v) is 3.39. The second-order valence-electron chi connectivity index (χ2n) is 5.80. The third-order valence-electron chi connectivity index (χ3n) is 4.46. The van der Waals surface area contributed by atoms with Gasteiger partial charge in [0.25, 0.3) is 0 Å². The number of aliphatic hydroxyl groups excluding tert-OH is 1. The van der Waals surface area contributed by atoms with E-state index < -0.39 is 0 Å². The summed E-state index contributed by atoms with van der Waals surface area (Å²) in [5.74, 6) is 0.420. The number of morpholine rings is 1. The van der Waals surface area contributed by atoms with Gasteiger partial charge in [-0.3, -0.25) is 4.90 Å². The Kier molecular flexibility index (Phi) is 4.51. The van der Waals surface area contributed by atoms with Crippen LogP contribution in [0.4, 0.5) is 0 Å². The van der Waals surface area contributed by atoms with Crippen LogP contribution in [0.15, 0.2) is 36.4 Å². The number of ether oxygens (including phenoxy) is 1. The van der Waals surface area contributed by atoms with Crippen molar-refractivity contribution in [2.45, 2.75) is 25.0 Å². The summed E-state index contributed by atoms with van der Waals surface area (Å²) in [5, 5.41) is 9.34. The van der Waals surface area contributed by atoms with Crippen LogP contribution in [0, 0.1) is 5.92 Å². The van der Waals surface area contributed by atoms with Gasteiger partial charge in [0.2, 0.25) is 0 Å². The summed E-state index contributed by atoms with van der Waals surface area (Å²) in [6.45, 7) is 3.08. The van der Waals surface area contributed by atoms with Gasteiger partial charge in [0.05, 0.1) is 12.7 Å². The molecule has 0 spiro atoms. The summed E-state index contributed by atoms with van der Waals surface area (Å²) in [7, 11) is 0. The normalized spacial score (nSPS) is 30.8. The van der Waals surface area contributed by atoms with Gasteiger partial charge in [-0.2, -0.15) is 0 Å². The first-order chi connectivity index (χ1) is 9.86. The van der Waals surface area contributed by atoms with Crippen molar-refractivity contribution in [3.8, 4) is 0 Å². The van der Waals surface area contributed by atoms with Crippen LogP contribution in [0.5, 0.6) is 0 Å². The third kappa shape index (κ3) is 3.11. The summed E-state index contributed by atoms with van der Waals surface area (Å²) in [6, 6.07) is 10.9. The highest BCUT2D eigenvalue weighted by atomic mass is 16.5. The molecule has 0 amide bonds. The van der Waals surface area contributed by atoms with Crippen LogP contribution in [0.3, 0.4) is 0 Å². The maximum atomic E-state index is 9.34. The second-order valence-corrected chi connectivity index (χ2v) is 5.80. The average Bonchev–Trinajstić information content (AvgIpc) is 2.92. The Morgan fingerprint density at radius 2 is 2.10 bits per heavy atom. The van der Waals surface area contributed by atoms with Crippen molar-refractivity contribution >= 4 is 6.08 Å². The Hall–Kier alpha value is -1.16. The highest BCUT2D eigenvalue weighted by Gasteiger charge is 2.40. The predicted octanol–water partition coefficient (Wildman–Crippen LogP) is 2.17.